The number of sulfonamides is 1. The Hall–Kier alpha value is -2.19. The lowest BCUT2D eigenvalue weighted by molar-refractivity contribution is 0.410. The van der Waals surface area contributed by atoms with Crippen molar-refractivity contribution in [1.82, 2.24) is 14.3 Å². The lowest BCUT2D eigenvalue weighted by Gasteiger charge is -2.21. The summed E-state index contributed by atoms with van der Waals surface area (Å²) in [5, 5.41) is 3.29. The molecule has 146 valence electrons. The van der Waals surface area contributed by atoms with Crippen molar-refractivity contribution in [3.63, 3.8) is 0 Å². The van der Waals surface area contributed by atoms with Gasteiger partial charge in [0, 0.05) is 38.8 Å². The van der Waals surface area contributed by atoms with Crippen molar-refractivity contribution in [2.45, 2.75) is 44.2 Å². The van der Waals surface area contributed by atoms with Crippen LogP contribution < -0.4 is 10.2 Å². The van der Waals surface area contributed by atoms with E-state index < -0.39 is 10.0 Å². The Balaban J connectivity index is 1.65. The van der Waals surface area contributed by atoms with Gasteiger partial charge in [-0.2, -0.15) is 4.31 Å². The number of hydrogen-bond donors (Lipinski definition) is 1. The fraction of sp³-hybridized carbons (Fsp3) is 0.474. The summed E-state index contributed by atoms with van der Waals surface area (Å²) >= 11 is 0. The fourth-order valence-electron chi connectivity index (χ4n) is 2.98. The van der Waals surface area contributed by atoms with Crippen molar-refractivity contribution in [2.75, 3.05) is 30.4 Å². The molecule has 2 aromatic rings. The van der Waals surface area contributed by atoms with E-state index >= 15 is 0 Å². The zero-order valence-corrected chi connectivity index (χ0v) is 16.9. The third kappa shape index (κ3) is 4.56. The highest BCUT2D eigenvalue weighted by Crippen LogP contribution is 2.20. The Morgan fingerprint density at radius 3 is 2.44 bits per heavy atom. The van der Waals surface area contributed by atoms with Gasteiger partial charge in [0.15, 0.2) is 0 Å². The highest BCUT2D eigenvalue weighted by atomic mass is 32.2. The van der Waals surface area contributed by atoms with Gasteiger partial charge in [0.25, 0.3) is 0 Å². The van der Waals surface area contributed by atoms with Crippen molar-refractivity contribution in [3.05, 3.63) is 42.2 Å². The Labute approximate surface area is 161 Å². The largest absolute Gasteiger partial charge is 0.366 e. The van der Waals surface area contributed by atoms with Crippen molar-refractivity contribution in [3.8, 4) is 0 Å². The molecule has 7 nitrogen and oxygen atoms in total. The van der Waals surface area contributed by atoms with E-state index in [1.807, 2.05) is 32.0 Å². The quantitative estimate of drug-likeness (QED) is 0.784. The summed E-state index contributed by atoms with van der Waals surface area (Å²) in [6.45, 7) is 6.35. The number of anilines is 2. The maximum atomic E-state index is 12.5. The molecule has 0 aliphatic carbocycles. The van der Waals surface area contributed by atoms with Gasteiger partial charge in [0.2, 0.25) is 10.0 Å². The molecule has 1 fully saturated rings. The van der Waals surface area contributed by atoms with Crippen LogP contribution in [-0.4, -0.2) is 48.9 Å². The van der Waals surface area contributed by atoms with Gasteiger partial charge in [-0.25, -0.2) is 18.4 Å². The first-order chi connectivity index (χ1) is 12.9. The van der Waals surface area contributed by atoms with Gasteiger partial charge in [0.1, 0.15) is 18.0 Å². The maximum Gasteiger partial charge on any atom is 0.243 e. The van der Waals surface area contributed by atoms with Crippen molar-refractivity contribution >= 4 is 21.7 Å². The number of rotatable bonds is 7. The number of nitrogens with one attached hydrogen (secondary N) is 1. The first-order valence-corrected chi connectivity index (χ1v) is 10.7. The predicted molar refractivity (Wildman–Crippen MR) is 107 cm³/mol. The van der Waals surface area contributed by atoms with Crippen LogP contribution in [0, 0.1) is 0 Å². The van der Waals surface area contributed by atoms with E-state index in [0.29, 0.717) is 11.4 Å². The molecule has 1 aliphatic rings. The second-order valence-corrected chi connectivity index (χ2v) is 9.07. The molecule has 1 aromatic heterocycles. The van der Waals surface area contributed by atoms with Crippen LogP contribution in [0.4, 0.5) is 11.6 Å². The number of hydrogen-bond acceptors (Lipinski definition) is 6. The molecule has 2 heterocycles. The first kappa shape index (κ1) is 19.6. The molecule has 1 saturated heterocycles. The van der Waals surface area contributed by atoms with Gasteiger partial charge in [0.05, 0.1) is 4.90 Å². The van der Waals surface area contributed by atoms with E-state index in [4.69, 9.17) is 0 Å². The van der Waals surface area contributed by atoms with E-state index in [9.17, 15) is 8.42 Å². The van der Waals surface area contributed by atoms with Crippen molar-refractivity contribution in [2.24, 2.45) is 0 Å². The second kappa shape index (κ2) is 8.22. The van der Waals surface area contributed by atoms with Crippen LogP contribution in [0.15, 0.2) is 41.6 Å². The number of nitrogens with zero attached hydrogens (tertiary/aromatic N) is 4. The third-order valence-corrected chi connectivity index (χ3v) is 6.93. The Morgan fingerprint density at radius 1 is 1.15 bits per heavy atom. The highest BCUT2D eigenvalue weighted by Gasteiger charge is 2.22. The minimum atomic E-state index is -3.45. The van der Waals surface area contributed by atoms with Gasteiger partial charge in [-0.1, -0.05) is 12.1 Å². The molecule has 27 heavy (non-hydrogen) atoms. The Bertz CT molecular complexity index is 862. The van der Waals surface area contributed by atoms with Crippen LogP contribution in [0.25, 0.3) is 0 Å². The number of benzene rings is 1. The van der Waals surface area contributed by atoms with E-state index in [1.165, 1.54) is 17.1 Å². The highest BCUT2D eigenvalue weighted by molar-refractivity contribution is 7.89. The summed E-state index contributed by atoms with van der Waals surface area (Å²) in [5.74, 6) is 1.71. The topological polar surface area (TPSA) is 78.4 Å². The molecule has 0 spiro atoms. The van der Waals surface area contributed by atoms with Crippen LogP contribution in [0.3, 0.4) is 0 Å². The zero-order valence-electron chi connectivity index (χ0n) is 16.1. The summed E-state index contributed by atoms with van der Waals surface area (Å²) < 4.78 is 26.4. The molecule has 0 amide bonds. The van der Waals surface area contributed by atoms with E-state index in [0.717, 1.165) is 30.3 Å². The minimum Gasteiger partial charge on any atom is -0.366 e. The SMILES string of the molecule is CC(C)N(C)S(=O)(=O)c1ccc(CNc2cc(N3CCCC3)ncn2)cc1. The smallest absolute Gasteiger partial charge is 0.243 e. The van der Waals surface area contributed by atoms with Crippen LogP contribution in [-0.2, 0) is 16.6 Å². The molecule has 0 bridgehead atoms. The molecule has 1 N–H and O–H groups in total. The standard InChI is InChI=1S/C19H27N5O2S/c1-15(2)23(3)27(25,26)17-8-6-16(7-9-17)13-20-18-12-19(22-14-21-18)24-10-4-5-11-24/h6-9,12,14-15H,4-5,10-11,13H2,1-3H3,(H,20,21,22). The third-order valence-electron chi connectivity index (χ3n) is 4.88. The minimum absolute atomic E-state index is 0.0843. The van der Waals surface area contributed by atoms with Crippen molar-refractivity contribution < 1.29 is 8.42 Å². The summed E-state index contributed by atoms with van der Waals surface area (Å²) in [6.07, 6.45) is 3.98. The molecular weight excluding hydrogens is 362 g/mol. The monoisotopic (exact) mass is 389 g/mol. The Morgan fingerprint density at radius 2 is 1.81 bits per heavy atom. The predicted octanol–water partition coefficient (Wildman–Crippen LogP) is 2.72. The molecule has 3 rings (SSSR count). The second-order valence-electron chi connectivity index (χ2n) is 7.07. The van der Waals surface area contributed by atoms with Crippen LogP contribution in [0.1, 0.15) is 32.3 Å². The molecule has 0 unspecified atom stereocenters. The van der Waals surface area contributed by atoms with Crippen LogP contribution in [0.2, 0.25) is 0 Å². The molecule has 0 radical (unpaired) electrons. The first-order valence-electron chi connectivity index (χ1n) is 9.26. The van der Waals surface area contributed by atoms with Gasteiger partial charge in [-0.15, -0.1) is 0 Å². The van der Waals surface area contributed by atoms with Crippen LogP contribution in [0.5, 0.6) is 0 Å². The molecular formula is C19H27N5O2S. The molecule has 1 aliphatic heterocycles. The van der Waals surface area contributed by atoms with Gasteiger partial charge in [-0.3, -0.25) is 0 Å². The van der Waals surface area contributed by atoms with Crippen molar-refractivity contribution in [1.29, 1.82) is 0 Å². The lowest BCUT2D eigenvalue weighted by atomic mass is 10.2. The van der Waals surface area contributed by atoms with Gasteiger partial charge in [-0.05, 0) is 44.4 Å². The molecule has 8 heteroatoms. The average molecular weight is 390 g/mol. The summed E-state index contributed by atoms with van der Waals surface area (Å²) in [6, 6.07) is 8.84. The lowest BCUT2D eigenvalue weighted by Crippen LogP contribution is -2.33. The summed E-state index contributed by atoms with van der Waals surface area (Å²) in [7, 11) is -1.85. The molecule has 0 saturated carbocycles. The molecule has 1 aromatic carbocycles. The van der Waals surface area contributed by atoms with Gasteiger partial charge >= 0.3 is 0 Å². The summed E-state index contributed by atoms with van der Waals surface area (Å²) in [5.41, 5.74) is 0.988. The van der Waals surface area contributed by atoms with E-state index in [-0.39, 0.29) is 6.04 Å². The van der Waals surface area contributed by atoms with E-state index in [1.54, 1.807) is 25.5 Å². The average Bonchev–Trinajstić information content (AvgIpc) is 3.21. The fourth-order valence-corrected chi connectivity index (χ4v) is 4.35. The molecule has 0 atom stereocenters. The number of aromatic nitrogens is 2. The Kier molecular flexibility index (Phi) is 5.96. The van der Waals surface area contributed by atoms with E-state index in [2.05, 4.69) is 20.2 Å². The van der Waals surface area contributed by atoms with Gasteiger partial charge < -0.3 is 10.2 Å². The van der Waals surface area contributed by atoms with Crippen LogP contribution >= 0.6 is 0 Å². The zero-order chi connectivity index (χ0) is 19.4. The summed E-state index contributed by atoms with van der Waals surface area (Å²) in [4.78, 5) is 11.2. The normalized spacial score (nSPS) is 14.9. The maximum absolute atomic E-state index is 12.5.